The molecule has 0 radical (unpaired) electrons. The van der Waals surface area contributed by atoms with Gasteiger partial charge in [-0.05, 0) is 62.4 Å². The summed E-state index contributed by atoms with van der Waals surface area (Å²) >= 11 is 0. The molecule has 1 amide bonds. The van der Waals surface area contributed by atoms with E-state index in [0.29, 0.717) is 25.2 Å². The van der Waals surface area contributed by atoms with E-state index in [0.717, 1.165) is 37.5 Å². The van der Waals surface area contributed by atoms with Gasteiger partial charge in [0.2, 0.25) is 0 Å². The number of carbonyl (C=O) groups excluding carboxylic acids is 1. The molecular weight excluding hydrogens is 515 g/mol. The molecule has 1 fully saturated rings. The molecule has 2 aromatic carbocycles. The van der Waals surface area contributed by atoms with Gasteiger partial charge in [0.05, 0.1) is 12.6 Å². The van der Waals surface area contributed by atoms with Crippen LogP contribution in [0.15, 0.2) is 47.5 Å². The lowest BCUT2D eigenvalue weighted by molar-refractivity contribution is 0.0857. The minimum Gasteiger partial charge on any atom is -0.376 e. The van der Waals surface area contributed by atoms with E-state index in [4.69, 9.17) is 9.73 Å². The van der Waals surface area contributed by atoms with Gasteiger partial charge in [0, 0.05) is 31.8 Å². The Morgan fingerprint density at radius 1 is 1.12 bits per heavy atom. The fraction of sp³-hybridized carbons (Fsp3) is 0.440. The molecule has 0 bridgehead atoms. The summed E-state index contributed by atoms with van der Waals surface area (Å²) in [6.07, 6.45) is 2.22. The zero-order valence-electron chi connectivity index (χ0n) is 19.2. The average molecular weight is 550 g/mol. The first-order valence-corrected chi connectivity index (χ1v) is 11.1. The number of hydrogen-bond acceptors (Lipinski definition) is 3. The molecule has 6 nitrogen and oxygen atoms in total. The molecule has 7 heteroatoms. The Morgan fingerprint density at radius 2 is 1.97 bits per heavy atom. The van der Waals surface area contributed by atoms with Gasteiger partial charge in [-0.1, -0.05) is 35.9 Å². The zero-order valence-corrected chi connectivity index (χ0v) is 21.6. The van der Waals surface area contributed by atoms with Crippen LogP contribution in [0.25, 0.3) is 0 Å². The van der Waals surface area contributed by atoms with Crippen LogP contribution in [0.1, 0.15) is 52.4 Å². The van der Waals surface area contributed by atoms with Gasteiger partial charge in [-0.2, -0.15) is 0 Å². The van der Waals surface area contributed by atoms with Crippen molar-refractivity contribution in [3.8, 4) is 0 Å². The van der Waals surface area contributed by atoms with Crippen molar-refractivity contribution in [2.75, 3.05) is 19.7 Å². The molecule has 2 aromatic rings. The Balaban J connectivity index is 0.00000363. The summed E-state index contributed by atoms with van der Waals surface area (Å²) in [7, 11) is 0. The lowest BCUT2D eigenvalue weighted by atomic mass is 10.1. The van der Waals surface area contributed by atoms with Crippen LogP contribution in [0, 0.1) is 13.8 Å². The Labute approximate surface area is 208 Å². The minimum absolute atomic E-state index is 0. The van der Waals surface area contributed by atoms with Crippen molar-refractivity contribution in [3.05, 3.63) is 70.3 Å². The van der Waals surface area contributed by atoms with E-state index in [9.17, 15) is 4.79 Å². The summed E-state index contributed by atoms with van der Waals surface area (Å²) in [5.74, 6) is 0.692. The van der Waals surface area contributed by atoms with E-state index in [1.54, 1.807) is 0 Å². The van der Waals surface area contributed by atoms with Gasteiger partial charge in [0.1, 0.15) is 0 Å². The SMILES string of the molecule is CCNC(=NCc1cccc(C(=O)NCC2CCCO2)c1)NCc1ccc(C)cc1C.I. The highest BCUT2D eigenvalue weighted by molar-refractivity contribution is 14.0. The Hall–Kier alpha value is -2.13. The molecular formula is C25H35IN4O2. The van der Waals surface area contributed by atoms with Crippen LogP contribution in [0.5, 0.6) is 0 Å². The molecule has 1 heterocycles. The molecule has 1 aliphatic heterocycles. The second kappa shape index (κ2) is 13.4. The lowest BCUT2D eigenvalue weighted by Gasteiger charge is -2.13. The maximum Gasteiger partial charge on any atom is 0.251 e. The Bertz CT molecular complexity index is 911. The van der Waals surface area contributed by atoms with Crippen LogP contribution < -0.4 is 16.0 Å². The molecule has 174 valence electrons. The molecule has 32 heavy (non-hydrogen) atoms. The van der Waals surface area contributed by atoms with Crippen molar-refractivity contribution in [2.24, 2.45) is 4.99 Å². The number of nitrogens with one attached hydrogen (secondary N) is 3. The fourth-order valence-electron chi connectivity index (χ4n) is 3.66. The summed E-state index contributed by atoms with van der Waals surface area (Å²) in [6.45, 7) is 9.63. The van der Waals surface area contributed by atoms with Crippen molar-refractivity contribution in [1.29, 1.82) is 0 Å². The number of aryl methyl sites for hydroxylation is 2. The number of guanidine groups is 1. The van der Waals surface area contributed by atoms with Gasteiger partial charge in [-0.15, -0.1) is 24.0 Å². The van der Waals surface area contributed by atoms with E-state index in [-0.39, 0.29) is 36.0 Å². The van der Waals surface area contributed by atoms with Gasteiger partial charge < -0.3 is 20.7 Å². The van der Waals surface area contributed by atoms with E-state index in [1.165, 1.54) is 16.7 Å². The first-order chi connectivity index (χ1) is 15.0. The molecule has 3 N–H and O–H groups in total. The van der Waals surface area contributed by atoms with Crippen LogP contribution in [-0.4, -0.2) is 37.7 Å². The largest absolute Gasteiger partial charge is 0.376 e. The van der Waals surface area contributed by atoms with Gasteiger partial charge in [-0.25, -0.2) is 4.99 Å². The van der Waals surface area contributed by atoms with Crippen LogP contribution in [0.4, 0.5) is 0 Å². The molecule has 0 spiro atoms. The Kier molecular flexibility index (Phi) is 11.0. The van der Waals surface area contributed by atoms with Gasteiger partial charge in [0.25, 0.3) is 5.91 Å². The summed E-state index contributed by atoms with van der Waals surface area (Å²) in [5, 5.41) is 9.67. The number of rotatable bonds is 8. The quantitative estimate of drug-likeness (QED) is 0.263. The van der Waals surface area contributed by atoms with Crippen LogP contribution in [-0.2, 0) is 17.8 Å². The lowest BCUT2D eigenvalue weighted by Crippen LogP contribution is -2.37. The fourth-order valence-corrected chi connectivity index (χ4v) is 3.66. The van der Waals surface area contributed by atoms with Crippen molar-refractivity contribution in [2.45, 2.75) is 52.8 Å². The zero-order chi connectivity index (χ0) is 22.1. The number of aliphatic imine (C=N–C) groups is 1. The molecule has 0 saturated carbocycles. The highest BCUT2D eigenvalue weighted by Crippen LogP contribution is 2.12. The first-order valence-electron chi connectivity index (χ1n) is 11.1. The topological polar surface area (TPSA) is 74.8 Å². The Morgan fingerprint density at radius 3 is 2.69 bits per heavy atom. The normalized spacial score (nSPS) is 15.7. The number of carbonyl (C=O) groups is 1. The van der Waals surface area contributed by atoms with E-state index in [2.05, 4.69) is 48.0 Å². The highest BCUT2D eigenvalue weighted by Gasteiger charge is 2.16. The average Bonchev–Trinajstić information content (AvgIpc) is 3.29. The molecule has 0 aromatic heterocycles. The van der Waals surface area contributed by atoms with Crippen LogP contribution in [0.2, 0.25) is 0 Å². The number of benzene rings is 2. The van der Waals surface area contributed by atoms with Gasteiger partial charge in [-0.3, -0.25) is 4.79 Å². The second-order valence-electron chi connectivity index (χ2n) is 8.02. The summed E-state index contributed by atoms with van der Waals surface area (Å²) in [5.41, 5.74) is 5.43. The monoisotopic (exact) mass is 550 g/mol. The summed E-state index contributed by atoms with van der Waals surface area (Å²) < 4.78 is 5.57. The molecule has 0 aliphatic carbocycles. The number of halogens is 1. The molecule has 1 saturated heterocycles. The number of nitrogens with zero attached hydrogens (tertiary/aromatic N) is 1. The van der Waals surface area contributed by atoms with Gasteiger partial charge >= 0.3 is 0 Å². The van der Waals surface area contributed by atoms with Crippen molar-refractivity contribution >= 4 is 35.8 Å². The third-order valence-corrected chi connectivity index (χ3v) is 5.41. The molecule has 3 rings (SSSR count). The van der Waals surface area contributed by atoms with Crippen molar-refractivity contribution in [1.82, 2.24) is 16.0 Å². The highest BCUT2D eigenvalue weighted by atomic mass is 127. The second-order valence-corrected chi connectivity index (χ2v) is 8.02. The first kappa shape index (κ1) is 26.1. The molecule has 1 unspecified atom stereocenters. The maximum absolute atomic E-state index is 12.5. The standard InChI is InChI=1S/C25H34N4O2.HI/c1-4-26-25(29-16-22-11-10-18(2)13-19(22)3)28-15-20-7-5-8-21(14-20)24(30)27-17-23-9-6-12-31-23;/h5,7-8,10-11,13-14,23H,4,6,9,12,15-17H2,1-3H3,(H,27,30)(H2,26,28,29);1H. The molecule has 1 atom stereocenters. The van der Waals surface area contributed by atoms with E-state index < -0.39 is 0 Å². The van der Waals surface area contributed by atoms with E-state index in [1.807, 2.05) is 31.2 Å². The van der Waals surface area contributed by atoms with Gasteiger partial charge in [0.15, 0.2) is 5.96 Å². The van der Waals surface area contributed by atoms with Crippen molar-refractivity contribution < 1.29 is 9.53 Å². The predicted molar refractivity (Wildman–Crippen MR) is 141 cm³/mol. The van der Waals surface area contributed by atoms with Crippen LogP contribution in [0.3, 0.4) is 0 Å². The summed E-state index contributed by atoms with van der Waals surface area (Å²) in [6, 6.07) is 14.1. The van der Waals surface area contributed by atoms with Crippen LogP contribution >= 0.6 is 24.0 Å². The third kappa shape index (κ3) is 8.09. The number of hydrogen-bond donors (Lipinski definition) is 3. The van der Waals surface area contributed by atoms with E-state index >= 15 is 0 Å². The minimum atomic E-state index is -0.0683. The van der Waals surface area contributed by atoms with Crippen molar-refractivity contribution in [3.63, 3.8) is 0 Å². The predicted octanol–water partition coefficient (Wildman–Crippen LogP) is 4.09. The number of ether oxygens (including phenoxy) is 1. The molecule has 1 aliphatic rings. The summed E-state index contributed by atoms with van der Waals surface area (Å²) in [4.78, 5) is 17.2. The maximum atomic E-state index is 12.5. The number of amides is 1. The smallest absolute Gasteiger partial charge is 0.251 e. The third-order valence-electron chi connectivity index (χ3n) is 5.41.